The topological polar surface area (TPSA) is 81.1 Å². The lowest BCUT2D eigenvalue weighted by molar-refractivity contribution is -0.137. The van der Waals surface area contributed by atoms with Gasteiger partial charge in [-0.25, -0.2) is 0 Å². The van der Waals surface area contributed by atoms with E-state index in [0.717, 1.165) is 23.8 Å². The molecule has 22 heavy (non-hydrogen) atoms. The minimum atomic E-state index is -4.48. The number of nitrogen functional groups attached to an aromatic ring is 1. The maximum atomic E-state index is 12.5. The molecular formula is C15H14F3N3O. The largest absolute Gasteiger partial charge is 0.416 e. The van der Waals surface area contributed by atoms with E-state index >= 15 is 0 Å². The third-order valence-electron chi connectivity index (χ3n) is 3.08. The molecule has 0 aromatic heterocycles. The molecular weight excluding hydrogens is 295 g/mol. The number of halogens is 3. The number of rotatable bonds is 3. The van der Waals surface area contributed by atoms with Crippen LogP contribution in [0.3, 0.4) is 0 Å². The number of carbonyl (C=O) groups excluding carboxylic acids is 1. The third-order valence-corrected chi connectivity index (χ3v) is 3.08. The fraction of sp³-hybridized carbons (Fsp3) is 0.133. The van der Waals surface area contributed by atoms with Gasteiger partial charge in [0.05, 0.1) is 16.9 Å². The zero-order valence-electron chi connectivity index (χ0n) is 11.4. The molecule has 0 aliphatic heterocycles. The van der Waals surface area contributed by atoms with Crippen molar-refractivity contribution in [2.75, 3.05) is 11.1 Å². The molecule has 0 atom stereocenters. The van der Waals surface area contributed by atoms with Gasteiger partial charge in [0.15, 0.2) is 0 Å². The maximum absolute atomic E-state index is 12.5. The van der Waals surface area contributed by atoms with Crippen LogP contribution < -0.4 is 16.8 Å². The Kier molecular flexibility index (Phi) is 4.37. The molecule has 2 aromatic carbocycles. The van der Waals surface area contributed by atoms with Gasteiger partial charge in [-0.1, -0.05) is 12.1 Å². The standard InChI is InChI=1S/C15H14F3N3O/c16-15(17,18)11-5-6-13(12(20)7-11)21-14(22)10-3-1-9(8-19)2-4-10/h1-7H,8,19-20H2,(H,21,22). The Hall–Kier alpha value is -2.54. The first-order chi connectivity index (χ1) is 10.3. The highest BCUT2D eigenvalue weighted by Gasteiger charge is 2.30. The predicted octanol–water partition coefficient (Wildman–Crippen LogP) is 3.00. The Morgan fingerprint density at radius 1 is 1.09 bits per heavy atom. The van der Waals surface area contributed by atoms with Crippen LogP contribution in [0.15, 0.2) is 42.5 Å². The lowest BCUT2D eigenvalue weighted by Crippen LogP contribution is -2.14. The van der Waals surface area contributed by atoms with Crippen LogP contribution in [-0.4, -0.2) is 5.91 Å². The number of anilines is 2. The fourth-order valence-electron chi connectivity index (χ4n) is 1.84. The van der Waals surface area contributed by atoms with Gasteiger partial charge < -0.3 is 16.8 Å². The second kappa shape index (κ2) is 6.07. The Bertz CT molecular complexity index is 681. The molecule has 0 spiro atoms. The van der Waals surface area contributed by atoms with Gasteiger partial charge >= 0.3 is 6.18 Å². The molecule has 0 saturated carbocycles. The Morgan fingerprint density at radius 3 is 2.23 bits per heavy atom. The van der Waals surface area contributed by atoms with Gasteiger partial charge in [0.1, 0.15) is 0 Å². The predicted molar refractivity (Wildman–Crippen MR) is 78.1 cm³/mol. The molecule has 0 aliphatic rings. The van der Waals surface area contributed by atoms with Crippen molar-refractivity contribution in [1.82, 2.24) is 0 Å². The molecule has 0 aliphatic carbocycles. The number of alkyl halides is 3. The van der Waals surface area contributed by atoms with Crippen LogP contribution in [0.25, 0.3) is 0 Å². The summed E-state index contributed by atoms with van der Waals surface area (Å²) in [5, 5.41) is 2.48. The molecule has 1 amide bonds. The molecule has 7 heteroatoms. The molecule has 2 rings (SSSR count). The highest BCUT2D eigenvalue weighted by molar-refractivity contribution is 6.05. The molecule has 116 valence electrons. The van der Waals surface area contributed by atoms with Crippen LogP contribution >= 0.6 is 0 Å². The third kappa shape index (κ3) is 3.56. The average molecular weight is 309 g/mol. The highest BCUT2D eigenvalue weighted by Crippen LogP contribution is 2.32. The van der Waals surface area contributed by atoms with Gasteiger partial charge in [0, 0.05) is 12.1 Å². The van der Waals surface area contributed by atoms with E-state index in [4.69, 9.17) is 11.5 Å². The molecule has 2 aromatic rings. The summed E-state index contributed by atoms with van der Waals surface area (Å²) in [5.41, 5.74) is 11.4. The summed E-state index contributed by atoms with van der Waals surface area (Å²) >= 11 is 0. The van der Waals surface area contributed by atoms with Crippen LogP contribution in [0.2, 0.25) is 0 Å². The molecule has 0 bridgehead atoms. The van der Waals surface area contributed by atoms with E-state index in [1.54, 1.807) is 24.3 Å². The highest BCUT2D eigenvalue weighted by atomic mass is 19.4. The zero-order valence-corrected chi connectivity index (χ0v) is 11.4. The number of nitrogens with two attached hydrogens (primary N) is 2. The fourth-order valence-corrected chi connectivity index (χ4v) is 1.84. The first-order valence-corrected chi connectivity index (χ1v) is 6.38. The van der Waals surface area contributed by atoms with Gasteiger partial charge in [0.2, 0.25) is 0 Å². The van der Waals surface area contributed by atoms with Crippen molar-refractivity contribution in [3.8, 4) is 0 Å². The van der Waals surface area contributed by atoms with Crippen LogP contribution in [0.5, 0.6) is 0 Å². The number of hydrogen-bond donors (Lipinski definition) is 3. The van der Waals surface area contributed by atoms with Crippen LogP contribution in [0, 0.1) is 0 Å². The summed E-state index contributed by atoms with van der Waals surface area (Å²) < 4.78 is 37.6. The van der Waals surface area contributed by atoms with Crippen molar-refractivity contribution in [2.45, 2.75) is 12.7 Å². The molecule has 0 saturated heterocycles. The normalized spacial score (nSPS) is 11.3. The smallest absolute Gasteiger partial charge is 0.397 e. The molecule has 4 nitrogen and oxygen atoms in total. The maximum Gasteiger partial charge on any atom is 0.416 e. The number of amides is 1. The van der Waals surface area contributed by atoms with Crippen molar-refractivity contribution in [3.63, 3.8) is 0 Å². The van der Waals surface area contributed by atoms with Gasteiger partial charge in [-0.15, -0.1) is 0 Å². The van der Waals surface area contributed by atoms with Crippen LogP contribution in [-0.2, 0) is 12.7 Å². The number of nitrogens with one attached hydrogen (secondary N) is 1. The number of hydrogen-bond acceptors (Lipinski definition) is 3. The molecule has 0 heterocycles. The molecule has 5 N–H and O–H groups in total. The van der Waals surface area contributed by atoms with Crippen molar-refractivity contribution in [1.29, 1.82) is 0 Å². The van der Waals surface area contributed by atoms with Crippen LogP contribution in [0.4, 0.5) is 24.5 Å². The summed E-state index contributed by atoms with van der Waals surface area (Å²) in [6, 6.07) is 9.34. The van der Waals surface area contributed by atoms with E-state index < -0.39 is 17.6 Å². The summed E-state index contributed by atoms with van der Waals surface area (Å²) in [5.74, 6) is -0.463. The van der Waals surface area contributed by atoms with Gasteiger partial charge in [-0.3, -0.25) is 4.79 Å². The first kappa shape index (κ1) is 15.8. The Balaban J connectivity index is 2.17. The second-order valence-corrected chi connectivity index (χ2v) is 4.65. The second-order valence-electron chi connectivity index (χ2n) is 4.65. The SMILES string of the molecule is NCc1ccc(C(=O)Nc2ccc(C(F)(F)F)cc2N)cc1. The molecule has 0 unspecified atom stereocenters. The van der Waals surface area contributed by atoms with E-state index in [-0.39, 0.29) is 11.4 Å². The van der Waals surface area contributed by atoms with E-state index in [2.05, 4.69) is 5.32 Å². The van der Waals surface area contributed by atoms with Crippen molar-refractivity contribution in [2.24, 2.45) is 5.73 Å². The van der Waals surface area contributed by atoms with Gasteiger partial charge in [-0.2, -0.15) is 13.2 Å². The van der Waals surface area contributed by atoms with E-state index in [9.17, 15) is 18.0 Å². The molecule has 0 radical (unpaired) electrons. The minimum absolute atomic E-state index is 0.126. The summed E-state index contributed by atoms with van der Waals surface area (Å²) in [4.78, 5) is 12.0. The van der Waals surface area contributed by atoms with Crippen LogP contribution in [0.1, 0.15) is 21.5 Å². The Labute approximate surface area is 124 Å². The first-order valence-electron chi connectivity index (χ1n) is 6.38. The zero-order chi connectivity index (χ0) is 16.3. The summed E-state index contributed by atoms with van der Waals surface area (Å²) in [7, 11) is 0. The van der Waals surface area contributed by atoms with Crippen molar-refractivity contribution in [3.05, 3.63) is 59.2 Å². The Morgan fingerprint density at radius 2 is 1.73 bits per heavy atom. The van der Waals surface area contributed by atoms with E-state index in [0.29, 0.717) is 12.1 Å². The lowest BCUT2D eigenvalue weighted by atomic mass is 10.1. The van der Waals surface area contributed by atoms with Gasteiger partial charge in [-0.05, 0) is 35.9 Å². The van der Waals surface area contributed by atoms with E-state index in [1.807, 2.05) is 0 Å². The lowest BCUT2D eigenvalue weighted by Gasteiger charge is -2.12. The quantitative estimate of drug-likeness (QED) is 0.762. The number of carbonyl (C=O) groups is 1. The van der Waals surface area contributed by atoms with Crippen molar-refractivity contribution < 1.29 is 18.0 Å². The van der Waals surface area contributed by atoms with Crippen molar-refractivity contribution >= 4 is 17.3 Å². The minimum Gasteiger partial charge on any atom is -0.397 e. The van der Waals surface area contributed by atoms with E-state index in [1.165, 1.54) is 0 Å². The summed E-state index contributed by atoms with van der Waals surface area (Å²) in [6.07, 6.45) is -4.48. The summed E-state index contributed by atoms with van der Waals surface area (Å²) in [6.45, 7) is 0.355. The average Bonchev–Trinajstić information content (AvgIpc) is 2.48. The number of benzene rings is 2. The monoisotopic (exact) mass is 309 g/mol. The molecule has 0 fully saturated rings. The van der Waals surface area contributed by atoms with Gasteiger partial charge in [0.25, 0.3) is 5.91 Å².